The van der Waals surface area contributed by atoms with Crippen LogP contribution in [0.1, 0.15) is 18.4 Å². The smallest absolute Gasteiger partial charge is 0.303 e. The van der Waals surface area contributed by atoms with Crippen molar-refractivity contribution in [3.63, 3.8) is 0 Å². The summed E-state index contributed by atoms with van der Waals surface area (Å²) in [5.41, 5.74) is 1.79. The summed E-state index contributed by atoms with van der Waals surface area (Å²) in [6.07, 6.45) is 1.37. The monoisotopic (exact) mass is 225 g/mol. The molecule has 3 nitrogen and oxygen atoms in total. The number of hydrogen-bond acceptors (Lipinski definition) is 2. The van der Waals surface area contributed by atoms with E-state index in [4.69, 9.17) is 5.11 Å². The van der Waals surface area contributed by atoms with E-state index in [1.807, 2.05) is 19.0 Å². The Hall–Kier alpha value is -1.58. The van der Waals surface area contributed by atoms with Crippen molar-refractivity contribution in [3.05, 3.63) is 29.6 Å². The molecule has 0 fully saturated rings. The van der Waals surface area contributed by atoms with Crippen molar-refractivity contribution in [1.29, 1.82) is 0 Å². The molecule has 1 rings (SSSR count). The summed E-state index contributed by atoms with van der Waals surface area (Å²) in [4.78, 5) is 12.2. The highest BCUT2D eigenvalue weighted by molar-refractivity contribution is 5.66. The van der Waals surface area contributed by atoms with Crippen LogP contribution in [0.15, 0.2) is 18.2 Å². The number of nitrogens with zero attached hydrogens (tertiary/aromatic N) is 1. The predicted molar refractivity (Wildman–Crippen MR) is 61.3 cm³/mol. The average Bonchev–Trinajstić information content (AvgIpc) is 2.19. The molecule has 0 spiro atoms. The molecule has 0 aliphatic carbocycles. The van der Waals surface area contributed by atoms with E-state index in [0.29, 0.717) is 12.8 Å². The van der Waals surface area contributed by atoms with Crippen LogP contribution >= 0.6 is 0 Å². The molecule has 0 saturated carbocycles. The number of halogens is 1. The van der Waals surface area contributed by atoms with Crippen LogP contribution < -0.4 is 4.90 Å². The fourth-order valence-electron chi connectivity index (χ4n) is 1.59. The van der Waals surface area contributed by atoms with Crippen molar-refractivity contribution in [2.24, 2.45) is 0 Å². The average molecular weight is 225 g/mol. The molecule has 0 aromatic heterocycles. The number of aliphatic carboxylic acids is 1. The van der Waals surface area contributed by atoms with Crippen molar-refractivity contribution in [3.8, 4) is 0 Å². The summed E-state index contributed by atoms with van der Waals surface area (Å²) >= 11 is 0. The largest absolute Gasteiger partial charge is 0.481 e. The molecule has 0 bridgehead atoms. The fraction of sp³-hybridized carbons (Fsp3) is 0.417. The van der Waals surface area contributed by atoms with E-state index in [1.54, 1.807) is 6.07 Å². The van der Waals surface area contributed by atoms with Gasteiger partial charge in [0.1, 0.15) is 5.82 Å². The van der Waals surface area contributed by atoms with Crippen molar-refractivity contribution < 1.29 is 14.3 Å². The molecule has 16 heavy (non-hydrogen) atoms. The van der Waals surface area contributed by atoms with Gasteiger partial charge >= 0.3 is 5.97 Å². The fourth-order valence-corrected chi connectivity index (χ4v) is 1.59. The first-order valence-electron chi connectivity index (χ1n) is 5.18. The van der Waals surface area contributed by atoms with Crippen molar-refractivity contribution >= 4 is 11.7 Å². The van der Waals surface area contributed by atoms with Gasteiger partial charge in [-0.2, -0.15) is 0 Å². The summed E-state index contributed by atoms with van der Waals surface area (Å²) in [5.74, 6) is -1.07. The van der Waals surface area contributed by atoms with Crippen LogP contribution in [0.5, 0.6) is 0 Å². The Labute approximate surface area is 94.5 Å². The molecule has 88 valence electrons. The molecule has 0 amide bonds. The molecule has 0 unspecified atom stereocenters. The second-order valence-corrected chi connectivity index (χ2v) is 3.91. The molecule has 0 atom stereocenters. The third-order valence-electron chi connectivity index (χ3n) is 2.37. The maximum absolute atomic E-state index is 13.0. The van der Waals surface area contributed by atoms with Gasteiger partial charge in [-0.1, -0.05) is 6.07 Å². The number of aryl methyl sites for hydroxylation is 1. The minimum atomic E-state index is -0.798. The van der Waals surface area contributed by atoms with Crippen LogP contribution in [0.3, 0.4) is 0 Å². The molecule has 4 heteroatoms. The molecular formula is C12H16FNO2. The first kappa shape index (κ1) is 12.5. The number of benzene rings is 1. The minimum Gasteiger partial charge on any atom is -0.481 e. The van der Waals surface area contributed by atoms with Gasteiger partial charge in [0, 0.05) is 26.2 Å². The number of carboxylic acid groups (broad SMARTS) is 1. The van der Waals surface area contributed by atoms with Crippen molar-refractivity contribution in [1.82, 2.24) is 0 Å². The Morgan fingerprint density at radius 2 is 2.12 bits per heavy atom. The van der Waals surface area contributed by atoms with Crippen molar-refractivity contribution in [2.45, 2.75) is 19.3 Å². The zero-order chi connectivity index (χ0) is 12.1. The Morgan fingerprint density at radius 1 is 1.44 bits per heavy atom. The first-order chi connectivity index (χ1) is 7.50. The van der Waals surface area contributed by atoms with Gasteiger partial charge in [0.15, 0.2) is 0 Å². The van der Waals surface area contributed by atoms with E-state index < -0.39 is 5.97 Å². The molecule has 1 aromatic rings. The van der Waals surface area contributed by atoms with E-state index in [9.17, 15) is 9.18 Å². The molecule has 0 heterocycles. The second-order valence-electron chi connectivity index (χ2n) is 3.91. The zero-order valence-corrected chi connectivity index (χ0v) is 9.53. The van der Waals surface area contributed by atoms with E-state index in [0.717, 1.165) is 11.3 Å². The first-order valence-corrected chi connectivity index (χ1v) is 5.18. The maximum Gasteiger partial charge on any atom is 0.303 e. The molecular weight excluding hydrogens is 209 g/mol. The van der Waals surface area contributed by atoms with Gasteiger partial charge in [-0.3, -0.25) is 4.79 Å². The topological polar surface area (TPSA) is 40.5 Å². The lowest BCUT2D eigenvalue weighted by atomic mass is 10.1. The molecule has 0 radical (unpaired) electrons. The van der Waals surface area contributed by atoms with Gasteiger partial charge in [-0.25, -0.2) is 4.39 Å². The number of anilines is 1. The van der Waals surface area contributed by atoms with E-state index in [1.165, 1.54) is 12.1 Å². The Kier molecular flexibility index (Phi) is 4.28. The van der Waals surface area contributed by atoms with Crippen molar-refractivity contribution in [2.75, 3.05) is 19.0 Å². The van der Waals surface area contributed by atoms with Crippen LogP contribution in [0.2, 0.25) is 0 Å². The summed E-state index contributed by atoms with van der Waals surface area (Å²) in [6.45, 7) is 0. The standard InChI is InChI=1S/C12H16FNO2/c1-14(2)11-8-10(13)7-6-9(11)4-3-5-12(15)16/h6-8H,3-5H2,1-2H3,(H,15,16). The molecule has 1 aromatic carbocycles. The molecule has 1 N–H and O–H groups in total. The summed E-state index contributed by atoms with van der Waals surface area (Å²) in [5, 5.41) is 8.54. The van der Waals surface area contributed by atoms with Crippen LogP contribution in [0, 0.1) is 5.82 Å². The summed E-state index contributed by atoms with van der Waals surface area (Å²) in [6, 6.07) is 4.59. The lowest BCUT2D eigenvalue weighted by molar-refractivity contribution is -0.137. The van der Waals surface area contributed by atoms with Crippen LogP contribution in [-0.4, -0.2) is 25.2 Å². The third kappa shape index (κ3) is 3.53. The highest BCUT2D eigenvalue weighted by atomic mass is 19.1. The van der Waals surface area contributed by atoms with E-state index >= 15 is 0 Å². The number of carbonyl (C=O) groups is 1. The van der Waals surface area contributed by atoms with Gasteiger partial charge in [-0.15, -0.1) is 0 Å². The highest BCUT2D eigenvalue weighted by Crippen LogP contribution is 2.21. The maximum atomic E-state index is 13.0. The normalized spacial score (nSPS) is 10.2. The van der Waals surface area contributed by atoms with Crippen LogP contribution in [0.4, 0.5) is 10.1 Å². The predicted octanol–water partition coefficient (Wildman–Crippen LogP) is 2.30. The van der Waals surface area contributed by atoms with Gasteiger partial charge in [0.25, 0.3) is 0 Å². The Balaban J connectivity index is 2.74. The third-order valence-corrected chi connectivity index (χ3v) is 2.37. The minimum absolute atomic E-state index is 0.143. The lowest BCUT2D eigenvalue weighted by Crippen LogP contribution is -2.12. The van der Waals surface area contributed by atoms with Gasteiger partial charge in [0.2, 0.25) is 0 Å². The number of rotatable bonds is 5. The highest BCUT2D eigenvalue weighted by Gasteiger charge is 2.07. The van der Waals surface area contributed by atoms with E-state index in [-0.39, 0.29) is 12.2 Å². The van der Waals surface area contributed by atoms with Crippen LogP contribution in [-0.2, 0) is 11.2 Å². The molecule has 0 aliphatic rings. The quantitative estimate of drug-likeness (QED) is 0.835. The SMILES string of the molecule is CN(C)c1cc(F)ccc1CCCC(=O)O. The van der Waals surface area contributed by atoms with Gasteiger partial charge in [-0.05, 0) is 30.5 Å². The summed E-state index contributed by atoms with van der Waals surface area (Å²) < 4.78 is 13.0. The van der Waals surface area contributed by atoms with E-state index in [2.05, 4.69) is 0 Å². The number of carboxylic acids is 1. The van der Waals surface area contributed by atoms with Crippen LogP contribution in [0.25, 0.3) is 0 Å². The van der Waals surface area contributed by atoms with Gasteiger partial charge in [0.05, 0.1) is 0 Å². The number of hydrogen-bond donors (Lipinski definition) is 1. The molecule has 0 saturated heterocycles. The molecule has 0 aliphatic heterocycles. The summed E-state index contributed by atoms with van der Waals surface area (Å²) in [7, 11) is 3.69. The lowest BCUT2D eigenvalue weighted by Gasteiger charge is -2.17. The Morgan fingerprint density at radius 3 is 2.69 bits per heavy atom. The van der Waals surface area contributed by atoms with Gasteiger partial charge < -0.3 is 10.0 Å². The Bertz CT molecular complexity index is 377. The second kappa shape index (κ2) is 5.49. The zero-order valence-electron chi connectivity index (χ0n) is 9.53.